The van der Waals surface area contributed by atoms with Crippen molar-refractivity contribution in [3.8, 4) is 0 Å². The molecule has 0 radical (unpaired) electrons. The summed E-state index contributed by atoms with van der Waals surface area (Å²) in [5, 5.41) is 5.98. The van der Waals surface area contributed by atoms with Crippen molar-refractivity contribution in [2.24, 2.45) is 5.92 Å². The zero-order valence-corrected chi connectivity index (χ0v) is 17.1. The number of rotatable bonds is 0. The van der Waals surface area contributed by atoms with Crippen LogP contribution in [0.5, 0.6) is 0 Å². The maximum absolute atomic E-state index is 13.7. The van der Waals surface area contributed by atoms with E-state index in [9.17, 15) is 4.79 Å². The molecule has 7 rings (SSSR count). The lowest BCUT2D eigenvalue weighted by Crippen LogP contribution is -2.82. The Balaban J connectivity index is 1.61. The van der Waals surface area contributed by atoms with Gasteiger partial charge in [0.25, 0.3) is 0 Å². The highest BCUT2D eigenvalue weighted by atomic mass is 35.5. The smallest absolute Gasteiger partial charge is 0.244 e. The van der Waals surface area contributed by atoms with Gasteiger partial charge in [-0.25, -0.2) is 0 Å². The quantitative estimate of drug-likeness (QED) is 0.697. The predicted molar refractivity (Wildman–Crippen MR) is 108 cm³/mol. The minimum Gasteiger partial charge on any atom is -0.358 e. The molecule has 142 valence electrons. The van der Waals surface area contributed by atoms with Gasteiger partial charge in [-0.3, -0.25) is 4.79 Å². The van der Waals surface area contributed by atoms with Crippen LogP contribution >= 0.6 is 23.2 Å². The molecule has 27 heavy (non-hydrogen) atoms. The number of piperidine rings is 2. The van der Waals surface area contributed by atoms with Gasteiger partial charge in [0, 0.05) is 41.5 Å². The van der Waals surface area contributed by atoms with Crippen LogP contribution in [0, 0.1) is 5.92 Å². The number of aromatic amines is 1. The van der Waals surface area contributed by atoms with Crippen molar-refractivity contribution < 1.29 is 4.79 Å². The Bertz CT molecular complexity index is 1030. The number of hydrogen-bond acceptors (Lipinski definition) is 2. The van der Waals surface area contributed by atoms with Crippen LogP contribution in [0.25, 0.3) is 10.9 Å². The van der Waals surface area contributed by atoms with E-state index in [1.54, 1.807) is 0 Å². The third kappa shape index (κ3) is 1.79. The molecule has 2 bridgehead atoms. The maximum Gasteiger partial charge on any atom is 0.244 e. The molecular formula is C21H23Cl2N3O. The van der Waals surface area contributed by atoms with Crippen molar-refractivity contribution in [3.05, 3.63) is 33.4 Å². The molecule has 1 aliphatic carbocycles. The van der Waals surface area contributed by atoms with E-state index in [0.717, 1.165) is 49.7 Å². The molecular weight excluding hydrogens is 381 g/mol. The van der Waals surface area contributed by atoms with Crippen molar-refractivity contribution in [1.29, 1.82) is 0 Å². The molecule has 5 heterocycles. The molecule has 4 aliphatic heterocycles. The number of carbonyl (C=O) groups is 1. The van der Waals surface area contributed by atoms with Gasteiger partial charge in [-0.1, -0.05) is 37.0 Å². The third-order valence-electron chi connectivity index (χ3n) is 8.05. The lowest BCUT2D eigenvalue weighted by molar-refractivity contribution is -0.168. The summed E-state index contributed by atoms with van der Waals surface area (Å²) in [4.78, 5) is 19.6. The predicted octanol–water partition coefficient (Wildman–Crippen LogP) is 4.03. The van der Waals surface area contributed by atoms with E-state index in [1.165, 1.54) is 11.3 Å². The Morgan fingerprint density at radius 1 is 1.22 bits per heavy atom. The maximum atomic E-state index is 13.7. The van der Waals surface area contributed by atoms with Gasteiger partial charge >= 0.3 is 0 Å². The number of halogens is 2. The molecule has 6 heteroatoms. The third-order valence-corrected chi connectivity index (χ3v) is 8.78. The van der Waals surface area contributed by atoms with Crippen LogP contribution in [-0.2, 0) is 16.6 Å². The zero-order valence-electron chi connectivity index (χ0n) is 15.6. The van der Waals surface area contributed by atoms with Gasteiger partial charge < -0.3 is 15.2 Å². The molecule has 2 N–H and O–H groups in total. The molecule has 3 atom stereocenters. The molecule has 0 saturated carbocycles. The molecule has 2 aromatic rings. The molecule has 4 nitrogen and oxygen atoms in total. The van der Waals surface area contributed by atoms with Gasteiger partial charge in [-0.05, 0) is 42.9 Å². The number of aromatic nitrogens is 1. The fourth-order valence-corrected chi connectivity index (χ4v) is 7.08. The number of piperazine rings is 1. The summed E-state index contributed by atoms with van der Waals surface area (Å²) in [6.45, 7) is 6.43. The fraction of sp³-hybridized carbons (Fsp3) is 0.571. The number of carbonyl (C=O) groups excluding carboxylic acids is 1. The summed E-state index contributed by atoms with van der Waals surface area (Å²) in [6.07, 6.45) is 4.06. The van der Waals surface area contributed by atoms with Crippen LogP contribution in [0.15, 0.2) is 12.1 Å². The van der Waals surface area contributed by atoms with Crippen LogP contribution in [0.2, 0.25) is 10.0 Å². The van der Waals surface area contributed by atoms with Gasteiger partial charge in [0.2, 0.25) is 5.91 Å². The lowest BCUT2D eigenvalue weighted by atomic mass is 9.51. The molecule has 4 saturated heterocycles. The van der Waals surface area contributed by atoms with Gasteiger partial charge in [-0.15, -0.1) is 0 Å². The standard InChI is InChI=1S/C21H23Cl2N3O/c1-19(2)16-9-20-4-3-5-26(20)18(27)21(16,24-10-20)8-12-11-6-13(22)14(23)7-15(11)25-17(12)19/h6-7,16,24-25H,3-5,8-10H2,1-2H3/t16-,20+,21+/m1/s1. The van der Waals surface area contributed by atoms with Crippen LogP contribution in [0.3, 0.4) is 0 Å². The Kier molecular flexibility index (Phi) is 2.99. The lowest BCUT2D eigenvalue weighted by Gasteiger charge is -2.65. The van der Waals surface area contributed by atoms with Crippen molar-refractivity contribution in [1.82, 2.24) is 15.2 Å². The largest absolute Gasteiger partial charge is 0.358 e. The van der Waals surface area contributed by atoms with E-state index in [1.807, 2.05) is 12.1 Å². The summed E-state index contributed by atoms with van der Waals surface area (Å²) in [5.41, 5.74) is 2.88. The van der Waals surface area contributed by atoms with E-state index < -0.39 is 5.54 Å². The number of benzene rings is 1. The second kappa shape index (κ2) is 4.84. The Hall–Kier alpha value is -1.23. The summed E-state index contributed by atoms with van der Waals surface area (Å²) >= 11 is 12.6. The topological polar surface area (TPSA) is 48.1 Å². The average molecular weight is 404 g/mol. The first-order valence-corrected chi connectivity index (χ1v) is 10.6. The van der Waals surface area contributed by atoms with Gasteiger partial charge in [0.15, 0.2) is 0 Å². The van der Waals surface area contributed by atoms with Crippen LogP contribution in [-0.4, -0.2) is 40.0 Å². The molecule has 1 aromatic carbocycles. The molecule has 2 spiro atoms. The van der Waals surface area contributed by atoms with Crippen LogP contribution in [0.1, 0.15) is 44.4 Å². The highest BCUT2D eigenvalue weighted by molar-refractivity contribution is 6.42. The van der Waals surface area contributed by atoms with Crippen molar-refractivity contribution >= 4 is 40.0 Å². The molecule has 1 amide bonds. The van der Waals surface area contributed by atoms with Gasteiger partial charge in [0.05, 0.1) is 15.6 Å². The normalized spacial score (nSPS) is 36.1. The highest BCUT2D eigenvalue weighted by Crippen LogP contribution is 2.58. The number of nitrogens with one attached hydrogen (secondary N) is 2. The van der Waals surface area contributed by atoms with E-state index in [-0.39, 0.29) is 16.9 Å². The molecule has 0 unspecified atom stereocenters. The van der Waals surface area contributed by atoms with E-state index in [0.29, 0.717) is 16.0 Å². The number of amides is 1. The Labute approximate surface area is 168 Å². The van der Waals surface area contributed by atoms with E-state index in [4.69, 9.17) is 23.2 Å². The monoisotopic (exact) mass is 403 g/mol. The van der Waals surface area contributed by atoms with Crippen molar-refractivity contribution in [3.63, 3.8) is 0 Å². The number of fused-ring (bicyclic) bond motifs is 4. The number of nitrogens with zero attached hydrogens (tertiary/aromatic N) is 1. The second-order valence-corrected chi connectivity index (χ2v) is 10.4. The van der Waals surface area contributed by atoms with Crippen LogP contribution in [0.4, 0.5) is 0 Å². The SMILES string of the molecule is CC1(C)c2[nH]c3cc(Cl)c(Cl)cc3c2C[C@@]23NC[C@]4(CCCN4C2=O)C[C@H]13. The zero-order chi connectivity index (χ0) is 18.8. The summed E-state index contributed by atoms with van der Waals surface area (Å²) in [5.74, 6) is 0.600. The Morgan fingerprint density at radius 2 is 2.00 bits per heavy atom. The first-order chi connectivity index (χ1) is 12.8. The first kappa shape index (κ1) is 16.7. The van der Waals surface area contributed by atoms with Crippen LogP contribution < -0.4 is 5.32 Å². The van der Waals surface area contributed by atoms with Gasteiger partial charge in [0.1, 0.15) is 5.54 Å². The molecule has 1 aromatic heterocycles. The number of H-pyrrole nitrogens is 1. The second-order valence-electron chi connectivity index (χ2n) is 9.56. The van der Waals surface area contributed by atoms with Crippen molar-refractivity contribution in [2.75, 3.05) is 13.1 Å². The minimum atomic E-state index is -0.496. The molecule has 4 fully saturated rings. The van der Waals surface area contributed by atoms with E-state index in [2.05, 4.69) is 29.0 Å². The van der Waals surface area contributed by atoms with Gasteiger partial charge in [-0.2, -0.15) is 0 Å². The summed E-state index contributed by atoms with van der Waals surface area (Å²) in [7, 11) is 0. The molecule has 5 aliphatic rings. The summed E-state index contributed by atoms with van der Waals surface area (Å²) < 4.78 is 0. The minimum absolute atomic E-state index is 0.0247. The highest BCUT2D eigenvalue weighted by Gasteiger charge is 2.69. The number of hydrogen-bond donors (Lipinski definition) is 2. The summed E-state index contributed by atoms with van der Waals surface area (Å²) in [6, 6.07) is 3.87. The first-order valence-electron chi connectivity index (χ1n) is 9.86. The average Bonchev–Trinajstić information content (AvgIpc) is 3.19. The van der Waals surface area contributed by atoms with E-state index >= 15 is 0 Å². The Morgan fingerprint density at radius 3 is 2.81 bits per heavy atom. The fourth-order valence-electron chi connectivity index (χ4n) is 6.75. The van der Waals surface area contributed by atoms with Crippen molar-refractivity contribution in [2.45, 2.75) is 56.0 Å².